The smallest absolute Gasteiger partial charge is 0.311 e. The van der Waals surface area contributed by atoms with Crippen LogP contribution in [0.5, 0.6) is 0 Å². The number of hydrogen-bond acceptors (Lipinski definition) is 4. The molecule has 4 rings (SSSR count). The lowest BCUT2D eigenvalue weighted by Gasteiger charge is -2.41. The second kappa shape index (κ2) is 8.50. The molecule has 2 aliphatic rings. The van der Waals surface area contributed by atoms with Crippen LogP contribution in [0.25, 0.3) is 0 Å². The molecule has 0 saturated carbocycles. The van der Waals surface area contributed by atoms with Gasteiger partial charge in [-0.15, -0.1) is 0 Å². The van der Waals surface area contributed by atoms with Gasteiger partial charge in [0.05, 0.1) is 5.92 Å². The second-order valence-electron chi connectivity index (χ2n) is 9.99. The van der Waals surface area contributed by atoms with Gasteiger partial charge in [-0.1, -0.05) is 30.3 Å². The standard InChI is InChI=1S/C26H34N2O2/c1-25(2,3)30-24(29)21(18-22-9-6-7-15-27-22)19-28-16-13-26(14-17-28)12-11-20-8-4-5-10-23(20)26/h4-10,15,21H,11-14,16-19H2,1-3H3. The summed E-state index contributed by atoms with van der Waals surface area (Å²) in [5.41, 5.74) is 3.93. The third-order valence-corrected chi connectivity index (χ3v) is 6.68. The normalized spacial score (nSPS) is 19.4. The van der Waals surface area contributed by atoms with Crippen LogP contribution in [0.2, 0.25) is 0 Å². The first-order valence-corrected chi connectivity index (χ1v) is 11.3. The number of ether oxygens (including phenoxy) is 1. The fourth-order valence-electron chi connectivity index (χ4n) is 5.14. The number of esters is 1. The molecule has 2 heterocycles. The SMILES string of the molecule is CC(C)(C)OC(=O)C(Cc1ccccn1)CN1CCC2(CCc3ccccc32)CC1. The average molecular weight is 407 g/mol. The van der Waals surface area contributed by atoms with Crippen molar-refractivity contribution in [2.24, 2.45) is 5.92 Å². The van der Waals surface area contributed by atoms with E-state index in [1.807, 2.05) is 39.0 Å². The van der Waals surface area contributed by atoms with E-state index in [9.17, 15) is 4.79 Å². The molecule has 0 bridgehead atoms. The van der Waals surface area contributed by atoms with Crippen LogP contribution >= 0.6 is 0 Å². The predicted octanol–water partition coefficient (Wildman–Crippen LogP) is 4.56. The highest BCUT2D eigenvalue weighted by Crippen LogP contribution is 2.46. The fourth-order valence-corrected chi connectivity index (χ4v) is 5.14. The number of benzene rings is 1. The molecule has 160 valence electrons. The van der Waals surface area contributed by atoms with Crippen LogP contribution in [-0.4, -0.2) is 41.1 Å². The summed E-state index contributed by atoms with van der Waals surface area (Å²) < 4.78 is 5.76. The van der Waals surface area contributed by atoms with Crippen LogP contribution in [-0.2, 0) is 27.8 Å². The maximum Gasteiger partial charge on any atom is 0.311 e. The zero-order chi connectivity index (χ0) is 21.2. The summed E-state index contributed by atoms with van der Waals surface area (Å²) >= 11 is 0. The molecule has 1 aliphatic carbocycles. The monoisotopic (exact) mass is 406 g/mol. The van der Waals surface area contributed by atoms with Crippen molar-refractivity contribution in [3.05, 3.63) is 65.5 Å². The molecule has 1 unspecified atom stereocenters. The van der Waals surface area contributed by atoms with Gasteiger partial charge in [-0.25, -0.2) is 0 Å². The first kappa shape index (κ1) is 21.0. The number of fused-ring (bicyclic) bond motifs is 2. The Morgan fingerprint density at radius 1 is 1.10 bits per heavy atom. The molecule has 1 spiro atoms. The lowest BCUT2D eigenvalue weighted by molar-refractivity contribution is -0.160. The van der Waals surface area contributed by atoms with Crippen molar-refractivity contribution in [3.63, 3.8) is 0 Å². The van der Waals surface area contributed by atoms with E-state index in [1.54, 1.807) is 11.8 Å². The molecular formula is C26H34N2O2. The Bertz CT molecular complexity index is 864. The number of aromatic nitrogens is 1. The van der Waals surface area contributed by atoms with E-state index in [0.29, 0.717) is 11.8 Å². The third-order valence-electron chi connectivity index (χ3n) is 6.68. The minimum atomic E-state index is -0.473. The Balaban J connectivity index is 1.43. The Kier molecular flexibility index (Phi) is 5.97. The van der Waals surface area contributed by atoms with Crippen molar-refractivity contribution < 1.29 is 9.53 Å². The molecule has 1 aliphatic heterocycles. The molecule has 1 saturated heterocycles. The highest BCUT2D eigenvalue weighted by molar-refractivity contribution is 5.73. The second-order valence-corrected chi connectivity index (χ2v) is 9.99. The number of aryl methyl sites for hydroxylation is 1. The van der Waals surface area contributed by atoms with Crippen molar-refractivity contribution in [3.8, 4) is 0 Å². The van der Waals surface area contributed by atoms with E-state index in [1.165, 1.54) is 31.2 Å². The molecule has 1 atom stereocenters. The average Bonchev–Trinajstić information content (AvgIpc) is 3.07. The van der Waals surface area contributed by atoms with Gasteiger partial charge in [0.15, 0.2) is 0 Å². The van der Waals surface area contributed by atoms with Gasteiger partial charge in [0.1, 0.15) is 5.60 Å². The summed E-state index contributed by atoms with van der Waals surface area (Å²) in [6, 6.07) is 14.9. The minimum Gasteiger partial charge on any atom is -0.460 e. The molecule has 1 fully saturated rings. The van der Waals surface area contributed by atoms with Crippen molar-refractivity contribution in [2.75, 3.05) is 19.6 Å². The summed E-state index contributed by atoms with van der Waals surface area (Å²) in [6.45, 7) is 8.62. The van der Waals surface area contributed by atoms with Gasteiger partial charge in [0, 0.05) is 24.9 Å². The number of carbonyl (C=O) groups is 1. The highest BCUT2D eigenvalue weighted by atomic mass is 16.6. The molecule has 2 aromatic rings. The number of hydrogen-bond donors (Lipinski definition) is 0. The Labute approximate surface area is 180 Å². The predicted molar refractivity (Wildman–Crippen MR) is 119 cm³/mol. The molecular weight excluding hydrogens is 372 g/mol. The van der Waals surface area contributed by atoms with Crippen LogP contribution in [0, 0.1) is 5.92 Å². The van der Waals surface area contributed by atoms with E-state index in [2.05, 4.69) is 34.1 Å². The first-order valence-electron chi connectivity index (χ1n) is 11.3. The summed E-state index contributed by atoms with van der Waals surface area (Å²) in [4.78, 5) is 19.9. The molecule has 4 nitrogen and oxygen atoms in total. The molecule has 0 radical (unpaired) electrons. The molecule has 4 heteroatoms. The van der Waals surface area contributed by atoms with E-state index < -0.39 is 5.60 Å². The number of carbonyl (C=O) groups excluding carboxylic acids is 1. The number of rotatable bonds is 5. The third kappa shape index (κ3) is 4.75. The topological polar surface area (TPSA) is 42.4 Å². The van der Waals surface area contributed by atoms with Gasteiger partial charge in [0.2, 0.25) is 0 Å². The van der Waals surface area contributed by atoms with Crippen molar-refractivity contribution in [1.82, 2.24) is 9.88 Å². The van der Waals surface area contributed by atoms with Crippen molar-refractivity contribution in [1.29, 1.82) is 0 Å². The Morgan fingerprint density at radius 3 is 2.53 bits per heavy atom. The zero-order valence-corrected chi connectivity index (χ0v) is 18.6. The number of pyridine rings is 1. The van der Waals surface area contributed by atoms with Crippen molar-refractivity contribution >= 4 is 5.97 Å². The van der Waals surface area contributed by atoms with E-state index in [0.717, 1.165) is 25.3 Å². The van der Waals surface area contributed by atoms with Crippen molar-refractivity contribution in [2.45, 2.75) is 63.9 Å². The Hall–Kier alpha value is -2.20. The Morgan fingerprint density at radius 2 is 1.83 bits per heavy atom. The number of piperidine rings is 1. The number of likely N-dealkylation sites (tertiary alicyclic amines) is 1. The molecule has 30 heavy (non-hydrogen) atoms. The largest absolute Gasteiger partial charge is 0.460 e. The van der Waals surface area contributed by atoms with E-state index in [4.69, 9.17) is 4.74 Å². The molecule has 1 aromatic heterocycles. The lowest BCUT2D eigenvalue weighted by atomic mass is 9.73. The molecule has 0 amide bonds. The van der Waals surface area contributed by atoms with Crippen LogP contribution in [0.3, 0.4) is 0 Å². The number of nitrogens with zero attached hydrogens (tertiary/aromatic N) is 2. The maximum atomic E-state index is 13.0. The van der Waals surface area contributed by atoms with Crippen LogP contribution < -0.4 is 0 Å². The van der Waals surface area contributed by atoms with Gasteiger partial charge in [-0.3, -0.25) is 9.78 Å². The molecule has 0 N–H and O–H groups in total. The summed E-state index contributed by atoms with van der Waals surface area (Å²) in [6.07, 6.45) is 7.24. The van der Waals surface area contributed by atoms with E-state index >= 15 is 0 Å². The lowest BCUT2D eigenvalue weighted by Crippen LogP contribution is -2.45. The first-order chi connectivity index (χ1) is 14.3. The van der Waals surface area contributed by atoms with E-state index in [-0.39, 0.29) is 11.9 Å². The van der Waals surface area contributed by atoms with Gasteiger partial charge in [0.25, 0.3) is 0 Å². The summed E-state index contributed by atoms with van der Waals surface area (Å²) in [7, 11) is 0. The van der Waals surface area contributed by atoms with Gasteiger partial charge in [-0.05, 0) is 88.2 Å². The quantitative estimate of drug-likeness (QED) is 0.683. The summed E-state index contributed by atoms with van der Waals surface area (Å²) in [5.74, 6) is -0.302. The van der Waals surface area contributed by atoms with Gasteiger partial charge < -0.3 is 9.64 Å². The van der Waals surface area contributed by atoms with Crippen LogP contribution in [0.15, 0.2) is 48.7 Å². The zero-order valence-electron chi connectivity index (χ0n) is 18.6. The molecule has 1 aromatic carbocycles. The van der Waals surface area contributed by atoms with Gasteiger partial charge in [-0.2, -0.15) is 0 Å². The van der Waals surface area contributed by atoms with Gasteiger partial charge >= 0.3 is 5.97 Å². The highest BCUT2D eigenvalue weighted by Gasteiger charge is 2.41. The minimum absolute atomic E-state index is 0.111. The van der Waals surface area contributed by atoms with Crippen LogP contribution in [0.1, 0.15) is 56.9 Å². The van der Waals surface area contributed by atoms with Crippen LogP contribution in [0.4, 0.5) is 0 Å². The fraction of sp³-hybridized carbons (Fsp3) is 0.538. The summed E-state index contributed by atoms with van der Waals surface area (Å²) in [5, 5.41) is 0. The maximum absolute atomic E-state index is 13.0.